The molecule has 0 aliphatic carbocycles. The molecule has 0 aliphatic rings. The first-order valence-corrected chi connectivity index (χ1v) is 5.48. The second-order valence-corrected chi connectivity index (χ2v) is 3.86. The highest BCUT2D eigenvalue weighted by atomic mass is 16.5. The fourth-order valence-corrected chi connectivity index (χ4v) is 1.81. The Hall–Kier alpha value is -2.30. The van der Waals surface area contributed by atoms with Crippen LogP contribution in [0.1, 0.15) is 5.56 Å². The maximum atomic E-state index is 5.53. The molecule has 0 bridgehead atoms. The molecule has 5 heteroatoms. The van der Waals surface area contributed by atoms with Crippen molar-refractivity contribution < 1.29 is 9.47 Å². The van der Waals surface area contributed by atoms with Crippen molar-refractivity contribution in [2.45, 2.75) is 6.92 Å². The van der Waals surface area contributed by atoms with Crippen LogP contribution in [-0.2, 0) is 0 Å². The van der Waals surface area contributed by atoms with Gasteiger partial charge in [0.05, 0.1) is 19.9 Å². The van der Waals surface area contributed by atoms with Gasteiger partial charge in [0.25, 0.3) is 0 Å². The number of benzene rings is 1. The fourth-order valence-electron chi connectivity index (χ4n) is 1.81. The highest BCUT2D eigenvalue weighted by Gasteiger charge is 2.13. The molecule has 0 spiro atoms. The lowest BCUT2D eigenvalue weighted by molar-refractivity contribution is 0.395. The van der Waals surface area contributed by atoms with Gasteiger partial charge in [-0.25, -0.2) is 0 Å². The minimum Gasteiger partial charge on any atom is -0.497 e. The summed E-state index contributed by atoms with van der Waals surface area (Å²) in [4.78, 5) is 0. The Morgan fingerprint density at radius 3 is 2.39 bits per heavy atom. The van der Waals surface area contributed by atoms with Crippen LogP contribution in [0.4, 0.5) is 5.82 Å². The maximum Gasteiger partial charge on any atom is 0.146 e. The zero-order valence-electron chi connectivity index (χ0n) is 10.6. The topological polar surface area (TPSA) is 70.3 Å². The minimum atomic E-state index is 0.392. The molecule has 0 unspecified atom stereocenters. The number of nitrogens with two attached hydrogens (primary N) is 1. The van der Waals surface area contributed by atoms with Crippen LogP contribution in [0, 0.1) is 6.92 Å². The van der Waals surface area contributed by atoms with Crippen LogP contribution in [0.5, 0.6) is 11.5 Å². The molecule has 18 heavy (non-hydrogen) atoms. The first kappa shape index (κ1) is 12.2. The van der Waals surface area contributed by atoms with Crippen LogP contribution < -0.4 is 15.2 Å². The Balaban J connectivity index is 2.59. The smallest absolute Gasteiger partial charge is 0.146 e. The van der Waals surface area contributed by atoms with E-state index in [2.05, 4.69) is 10.2 Å². The highest BCUT2D eigenvalue weighted by Crippen LogP contribution is 2.35. The summed E-state index contributed by atoms with van der Waals surface area (Å²) in [6.45, 7) is 1.97. The molecular weight excluding hydrogens is 230 g/mol. The molecule has 0 aliphatic heterocycles. The quantitative estimate of drug-likeness (QED) is 0.896. The van der Waals surface area contributed by atoms with E-state index in [1.54, 1.807) is 20.3 Å². The summed E-state index contributed by atoms with van der Waals surface area (Å²) in [6, 6.07) is 7.28. The number of rotatable bonds is 3. The van der Waals surface area contributed by atoms with Crippen molar-refractivity contribution in [1.29, 1.82) is 0 Å². The van der Waals surface area contributed by atoms with E-state index in [0.717, 1.165) is 22.6 Å². The summed E-state index contributed by atoms with van der Waals surface area (Å²) < 4.78 is 10.6. The minimum absolute atomic E-state index is 0.392. The molecule has 2 N–H and O–H groups in total. The van der Waals surface area contributed by atoms with Gasteiger partial charge in [0, 0.05) is 11.6 Å². The normalized spacial score (nSPS) is 10.2. The third-order valence-corrected chi connectivity index (χ3v) is 2.67. The van der Waals surface area contributed by atoms with Crippen LogP contribution >= 0.6 is 0 Å². The van der Waals surface area contributed by atoms with Gasteiger partial charge in [-0.3, -0.25) is 0 Å². The molecule has 0 amide bonds. The molecule has 0 saturated carbocycles. The Kier molecular flexibility index (Phi) is 3.32. The predicted octanol–water partition coefficient (Wildman–Crippen LogP) is 2.05. The molecule has 0 atom stereocenters. The zero-order chi connectivity index (χ0) is 13.1. The molecule has 5 nitrogen and oxygen atoms in total. The monoisotopic (exact) mass is 245 g/mol. The van der Waals surface area contributed by atoms with Crippen LogP contribution in [0.25, 0.3) is 11.3 Å². The Bertz CT molecular complexity index is 553. The predicted molar refractivity (Wildman–Crippen MR) is 69.7 cm³/mol. The van der Waals surface area contributed by atoms with Gasteiger partial charge in [-0.05, 0) is 30.7 Å². The molecular formula is C13H15N3O2. The van der Waals surface area contributed by atoms with Crippen LogP contribution in [-0.4, -0.2) is 24.4 Å². The third kappa shape index (κ3) is 2.20. The molecule has 1 aromatic carbocycles. The van der Waals surface area contributed by atoms with Crippen LogP contribution in [0.15, 0.2) is 24.3 Å². The second kappa shape index (κ2) is 4.91. The van der Waals surface area contributed by atoms with E-state index in [1.165, 1.54) is 0 Å². The summed E-state index contributed by atoms with van der Waals surface area (Å²) in [5, 5.41) is 7.93. The van der Waals surface area contributed by atoms with Gasteiger partial charge in [-0.2, -0.15) is 0 Å². The Labute approximate surface area is 106 Å². The highest BCUT2D eigenvalue weighted by molar-refractivity contribution is 5.72. The van der Waals surface area contributed by atoms with E-state index in [1.807, 2.05) is 25.1 Å². The van der Waals surface area contributed by atoms with Crippen molar-refractivity contribution in [3.05, 3.63) is 29.8 Å². The number of nitrogens with zero attached hydrogens (tertiary/aromatic N) is 2. The van der Waals surface area contributed by atoms with Gasteiger partial charge >= 0.3 is 0 Å². The van der Waals surface area contributed by atoms with Crippen LogP contribution in [0.3, 0.4) is 0 Å². The summed E-state index contributed by atoms with van der Waals surface area (Å²) in [5.41, 5.74) is 8.16. The SMILES string of the molecule is COc1cc(C)c(-c2ccc(N)nn2)c(OC)c1. The molecule has 0 saturated heterocycles. The second-order valence-electron chi connectivity index (χ2n) is 3.86. The van der Waals surface area contributed by atoms with Crippen molar-refractivity contribution >= 4 is 5.82 Å². The largest absolute Gasteiger partial charge is 0.497 e. The number of aryl methyl sites for hydroxylation is 1. The summed E-state index contributed by atoms with van der Waals surface area (Å²) >= 11 is 0. The summed E-state index contributed by atoms with van der Waals surface area (Å²) in [7, 11) is 3.24. The molecule has 0 fully saturated rings. The summed E-state index contributed by atoms with van der Waals surface area (Å²) in [6.07, 6.45) is 0. The van der Waals surface area contributed by atoms with Crippen LogP contribution in [0.2, 0.25) is 0 Å². The van der Waals surface area contributed by atoms with Crippen molar-refractivity contribution in [2.24, 2.45) is 0 Å². The van der Waals surface area contributed by atoms with Gasteiger partial charge in [0.1, 0.15) is 17.3 Å². The number of nitrogen functional groups attached to an aromatic ring is 1. The number of hydrogen-bond acceptors (Lipinski definition) is 5. The Morgan fingerprint density at radius 2 is 1.83 bits per heavy atom. The molecule has 94 valence electrons. The maximum absolute atomic E-state index is 5.53. The van der Waals surface area contributed by atoms with Gasteiger partial charge in [-0.15, -0.1) is 10.2 Å². The number of anilines is 1. The average Bonchev–Trinajstić information content (AvgIpc) is 2.39. The molecule has 0 radical (unpaired) electrons. The van der Waals surface area contributed by atoms with E-state index < -0.39 is 0 Å². The lowest BCUT2D eigenvalue weighted by atomic mass is 10.0. The van der Waals surface area contributed by atoms with Gasteiger partial charge in [0.2, 0.25) is 0 Å². The van der Waals surface area contributed by atoms with E-state index in [-0.39, 0.29) is 0 Å². The summed E-state index contributed by atoms with van der Waals surface area (Å²) in [5.74, 6) is 1.84. The van der Waals surface area contributed by atoms with Crippen molar-refractivity contribution in [1.82, 2.24) is 10.2 Å². The molecule has 2 rings (SSSR count). The number of aromatic nitrogens is 2. The van der Waals surface area contributed by atoms with E-state index >= 15 is 0 Å². The molecule has 1 heterocycles. The van der Waals surface area contributed by atoms with Crippen molar-refractivity contribution in [3.63, 3.8) is 0 Å². The number of ether oxygens (including phenoxy) is 2. The van der Waals surface area contributed by atoms with Gasteiger partial charge < -0.3 is 15.2 Å². The number of hydrogen-bond donors (Lipinski definition) is 1. The Morgan fingerprint density at radius 1 is 1.06 bits per heavy atom. The van der Waals surface area contributed by atoms with E-state index in [4.69, 9.17) is 15.2 Å². The third-order valence-electron chi connectivity index (χ3n) is 2.67. The van der Waals surface area contributed by atoms with E-state index in [0.29, 0.717) is 11.6 Å². The molecule has 1 aromatic heterocycles. The van der Waals surface area contributed by atoms with Crippen molar-refractivity contribution in [2.75, 3.05) is 20.0 Å². The van der Waals surface area contributed by atoms with E-state index in [9.17, 15) is 0 Å². The lowest BCUT2D eigenvalue weighted by Crippen LogP contribution is -1.98. The standard InChI is InChI=1S/C13H15N3O2/c1-8-6-9(17-2)7-11(18-3)13(8)10-4-5-12(14)16-15-10/h4-7H,1-3H3,(H2,14,16). The number of methoxy groups -OCH3 is 2. The van der Waals surface area contributed by atoms with Gasteiger partial charge in [0.15, 0.2) is 0 Å². The lowest BCUT2D eigenvalue weighted by Gasteiger charge is -2.12. The van der Waals surface area contributed by atoms with Crippen molar-refractivity contribution in [3.8, 4) is 22.8 Å². The first-order valence-electron chi connectivity index (χ1n) is 5.48. The first-order chi connectivity index (χ1) is 8.65. The fraction of sp³-hybridized carbons (Fsp3) is 0.231. The molecule has 2 aromatic rings. The average molecular weight is 245 g/mol. The zero-order valence-corrected chi connectivity index (χ0v) is 10.6. The van der Waals surface area contributed by atoms with Gasteiger partial charge in [-0.1, -0.05) is 0 Å².